The first-order valence-electron chi connectivity index (χ1n) is 7.65. The Hall–Kier alpha value is -0.920. The summed E-state index contributed by atoms with van der Waals surface area (Å²) >= 11 is 5.31. The molecule has 0 radical (unpaired) electrons. The third kappa shape index (κ3) is 5.58. The van der Waals surface area contributed by atoms with Gasteiger partial charge in [0.05, 0.1) is 5.69 Å². The van der Waals surface area contributed by atoms with E-state index in [1.54, 1.807) is 11.8 Å². The summed E-state index contributed by atoms with van der Waals surface area (Å²) in [6, 6.07) is 6.32. The van der Waals surface area contributed by atoms with Gasteiger partial charge in [0.2, 0.25) is 0 Å². The first kappa shape index (κ1) is 18.4. The zero-order valence-corrected chi connectivity index (χ0v) is 16.4. The molecule has 2 rings (SSSR count). The minimum atomic E-state index is -0.453. The van der Waals surface area contributed by atoms with Gasteiger partial charge in [-0.2, -0.15) is 0 Å². The van der Waals surface area contributed by atoms with E-state index in [1.165, 1.54) is 10.6 Å². The Kier molecular flexibility index (Phi) is 6.22. The molecule has 2 N–H and O–H groups in total. The Labute approximate surface area is 150 Å². The molecule has 1 unspecified atom stereocenters. The van der Waals surface area contributed by atoms with Gasteiger partial charge < -0.3 is 15.0 Å². The van der Waals surface area contributed by atoms with Gasteiger partial charge in [0.15, 0.2) is 0 Å². The van der Waals surface area contributed by atoms with Crippen molar-refractivity contribution in [1.82, 2.24) is 10.6 Å². The maximum absolute atomic E-state index is 11.5. The Balaban J connectivity index is 1.67. The average molecular weight is 402 g/mol. The second-order valence-corrected chi connectivity index (χ2v) is 8.47. The molecule has 7 heteroatoms. The highest BCUT2D eigenvalue weighted by Gasteiger charge is 2.26. The molecule has 0 spiro atoms. The van der Waals surface area contributed by atoms with Crippen LogP contribution in [0, 0.1) is 0 Å². The van der Waals surface area contributed by atoms with Crippen molar-refractivity contribution in [1.29, 1.82) is 0 Å². The van der Waals surface area contributed by atoms with E-state index in [9.17, 15) is 4.79 Å². The number of rotatable bonds is 5. The standard InChI is InChI=1S/C16H24BrN3O2S/c1-16(2,3)22-15(21)19-9-5-8-18-14-20(4)12-7-6-11(17)10-13(12)23-14/h6-7,10,14,18H,5,8-9H2,1-4H3,(H,19,21). The lowest BCUT2D eigenvalue weighted by atomic mass is 10.2. The fraction of sp³-hybridized carbons (Fsp3) is 0.562. The number of carbonyl (C=O) groups excluding carboxylic acids is 1. The van der Waals surface area contributed by atoms with Crippen LogP contribution in [0.4, 0.5) is 10.5 Å². The van der Waals surface area contributed by atoms with Crippen molar-refractivity contribution in [2.75, 3.05) is 25.0 Å². The number of ether oxygens (including phenoxy) is 1. The lowest BCUT2D eigenvalue weighted by Gasteiger charge is -2.23. The number of thioether (sulfide) groups is 1. The number of halogens is 1. The van der Waals surface area contributed by atoms with E-state index >= 15 is 0 Å². The number of alkyl carbamates (subject to hydrolysis) is 1. The molecule has 1 aliphatic heterocycles. The molecule has 0 fully saturated rings. The van der Waals surface area contributed by atoms with Crippen LogP contribution in [-0.2, 0) is 4.74 Å². The van der Waals surface area contributed by atoms with Crippen molar-refractivity contribution < 1.29 is 9.53 Å². The molecular weight excluding hydrogens is 378 g/mol. The number of carbonyl (C=O) groups is 1. The summed E-state index contributed by atoms with van der Waals surface area (Å²) in [4.78, 5) is 15.0. The lowest BCUT2D eigenvalue weighted by Crippen LogP contribution is -2.40. The maximum Gasteiger partial charge on any atom is 0.407 e. The van der Waals surface area contributed by atoms with Gasteiger partial charge in [-0.3, -0.25) is 5.32 Å². The predicted molar refractivity (Wildman–Crippen MR) is 99.0 cm³/mol. The van der Waals surface area contributed by atoms with Crippen LogP contribution in [0.15, 0.2) is 27.6 Å². The molecule has 0 saturated carbocycles. The normalized spacial score (nSPS) is 17.1. The van der Waals surface area contributed by atoms with E-state index in [-0.39, 0.29) is 11.6 Å². The van der Waals surface area contributed by atoms with E-state index in [1.807, 2.05) is 20.8 Å². The van der Waals surface area contributed by atoms with Crippen LogP contribution in [0.1, 0.15) is 27.2 Å². The Morgan fingerprint density at radius 3 is 2.83 bits per heavy atom. The van der Waals surface area contributed by atoms with E-state index in [4.69, 9.17) is 4.74 Å². The minimum absolute atomic E-state index is 0.223. The molecule has 0 saturated heterocycles. The molecule has 0 bridgehead atoms. The summed E-state index contributed by atoms with van der Waals surface area (Å²) in [6.07, 6.45) is 0.492. The zero-order valence-electron chi connectivity index (χ0n) is 14.0. The third-order valence-corrected chi connectivity index (χ3v) is 5.01. The predicted octanol–water partition coefficient (Wildman–Crippen LogP) is 3.78. The first-order chi connectivity index (χ1) is 10.8. The second-order valence-electron chi connectivity index (χ2n) is 6.43. The van der Waals surface area contributed by atoms with Gasteiger partial charge >= 0.3 is 6.09 Å². The molecule has 1 aromatic carbocycles. The number of anilines is 1. The van der Waals surface area contributed by atoms with Crippen molar-refractivity contribution in [3.8, 4) is 0 Å². The molecule has 0 aliphatic carbocycles. The van der Waals surface area contributed by atoms with E-state index in [2.05, 4.69) is 56.7 Å². The quantitative estimate of drug-likeness (QED) is 0.735. The number of hydrogen-bond acceptors (Lipinski definition) is 5. The van der Waals surface area contributed by atoms with Crippen molar-refractivity contribution in [3.63, 3.8) is 0 Å². The maximum atomic E-state index is 11.5. The monoisotopic (exact) mass is 401 g/mol. The van der Waals surface area contributed by atoms with Gasteiger partial charge in [-0.25, -0.2) is 4.79 Å². The first-order valence-corrected chi connectivity index (χ1v) is 9.33. The highest BCUT2D eigenvalue weighted by atomic mass is 79.9. The molecule has 0 aromatic heterocycles. The van der Waals surface area contributed by atoms with Gasteiger partial charge in [0.25, 0.3) is 0 Å². The Bertz CT molecular complexity index is 563. The summed E-state index contributed by atoms with van der Waals surface area (Å²) in [5.74, 6) is 0. The Morgan fingerprint density at radius 2 is 2.13 bits per heavy atom. The van der Waals surface area contributed by atoms with Crippen LogP contribution in [0.3, 0.4) is 0 Å². The van der Waals surface area contributed by atoms with Crippen LogP contribution in [0.2, 0.25) is 0 Å². The van der Waals surface area contributed by atoms with Gasteiger partial charge in [0.1, 0.15) is 11.1 Å². The fourth-order valence-corrected chi connectivity index (χ4v) is 3.95. The molecule has 1 aliphatic rings. The molecule has 1 aromatic rings. The SMILES string of the molecule is CN1c2ccc(Br)cc2SC1NCCCNC(=O)OC(C)(C)C. The highest BCUT2D eigenvalue weighted by molar-refractivity contribution is 9.10. The van der Waals surface area contributed by atoms with Gasteiger partial charge in [-0.1, -0.05) is 27.7 Å². The summed E-state index contributed by atoms with van der Waals surface area (Å²) < 4.78 is 6.30. The van der Waals surface area contributed by atoms with Crippen LogP contribution < -0.4 is 15.5 Å². The lowest BCUT2D eigenvalue weighted by molar-refractivity contribution is 0.0527. The van der Waals surface area contributed by atoms with Crippen molar-refractivity contribution in [2.45, 2.75) is 43.2 Å². The van der Waals surface area contributed by atoms with E-state index < -0.39 is 5.60 Å². The summed E-state index contributed by atoms with van der Waals surface area (Å²) in [5.41, 5.74) is 1.01. The molecule has 128 valence electrons. The molecule has 1 amide bonds. The topological polar surface area (TPSA) is 53.6 Å². The number of nitrogens with one attached hydrogen (secondary N) is 2. The highest BCUT2D eigenvalue weighted by Crippen LogP contribution is 2.42. The second kappa shape index (κ2) is 7.77. The zero-order chi connectivity index (χ0) is 17.0. The van der Waals surface area contributed by atoms with E-state index in [0.29, 0.717) is 6.54 Å². The number of nitrogens with zero attached hydrogens (tertiary/aromatic N) is 1. The van der Waals surface area contributed by atoms with Gasteiger partial charge in [-0.05, 0) is 51.9 Å². The smallest absolute Gasteiger partial charge is 0.407 e. The van der Waals surface area contributed by atoms with E-state index in [0.717, 1.165) is 17.4 Å². The number of hydrogen-bond donors (Lipinski definition) is 2. The van der Waals surface area contributed by atoms with Crippen molar-refractivity contribution >= 4 is 39.5 Å². The fourth-order valence-electron chi connectivity index (χ4n) is 2.20. The number of amides is 1. The molecule has 1 atom stereocenters. The number of benzene rings is 1. The van der Waals surface area contributed by atoms with Crippen LogP contribution >= 0.6 is 27.7 Å². The molecule has 5 nitrogen and oxygen atoms in total. The molecule has 23 heavy (non-hydrogen) atoms. The van der Waals surface area contributed by atoms with Crippen LogP contribution in [0.5, 0.6) is 0 Å². The van der Waals surface area contributed by atoms with Crippen molar-refractivity contribution in [3.05, 3.63) is 22.7 Å². The van der Waals surface area contributed by atoms with Gasteiger partial charge in [-0.15, -0.1) is 0 Å². The summed E-state index contributed by atoms with van der Waals surface area (Å²) in [7, 11) is 2.09. The summed E-state index contributed by atoms with van der Waals surface area (Å²) in [6.45, 7) is 7.00. The largest absolute Gasteiger partial charge is 0.444 e. The third-order valence-electron chi connectivity index (χ3n) is 3.23. The van der Waals surface area contributed by atoms with Crippen molar-refractivity contribution in [2.24, 2.45) is 0 Å². The molecular formula is C16H24BrN3O2S. The Morgan fingerprint density at radius 1 is 1.39 bits per heavy atom. The van der Waals surface area contributed by atoms with Crippen LogP contribution in [-0.4, -0.2) is 37.3 Å². The van der Waals surface area contributed by atoms with Crippen LogP contribution in [0.25, 0.3) is 0 Å². The number of fused-ring (bicyclic) bond motifs is 1. The average Bonchev–Trinajstić information content (AvgIpc) is 2.72. The summed E-state index contributed by atoms with van der Waals surface area (Å²) in [5, 5.41) is 6.27. The minimum Gasteiger partial charge on any atom is -0.444 e. The van der Waals surface area contributed by atoms with Gasteiger partial charge in [0, 0.05) is 23.0 Å². The molecule has 1 heterocycles.